The van der Waals surface area contributed by atoms with Crippen LogP contribution in [0.2, 0.25) is 0 Å². The van der Waals surface area contributed by atoms with E-state index in [1.165, 1.54) is 0 Å². The van der Waals surface area contributed by atoms with Crippen LogP contribution in [0, 0.1) is 12.8 Å². The monoisotopic (exact) mass is 233 g/mol. The second-order valence-corrected chi connectivity index (χ2v) is 4.85. The Morgan fingerprint density at radius 3 is 2.94 bits per heavy atom. The van der Waals surface area contributed by atoms with Crippen LogP contribution in [0.3, 0.4) is 0 Å². The van der Waals surface area contributed by atoms with Gasteiger partial charge in [0.1, 0.15) is 5.69 Å². The first-order valence-electron chi connectivity index (χ1n) is 6.06. The van der Waals surface area contributed by atoms with Crippen LogP contribution < -0.4 is 5.73 Å². The molecule has 1 fully saturated rings. The highest BCUT2D eigenvalue weighted by Crippen LogP contribution is 2.16. The molecule has 0 spiro atoms. The molecule has 2 N–H and O–H groups in total. The lowest BCUT2D eigenvalue weighted by atomic mass is 9.94. The van der Waals surface area contributed by atoms with Crippen molar-refractivity contribution in [3.05, 3.63) is 29.6 Å². The number of hydrogen-bond acceptors (Lipinski definition) is 3. The molecule has 92 valence electrons. The Labute approximate surface area is 102 Å². The SMILES string of the molecule is Cc1cccc(C(=O)N2CCC(N)C(C)C2)n1. The van der Waals surface area contributed by atoms with Crippen molar-refractivity contribution < 1.29 is 4.79 Å². The van der Waals surface area contributed by atoms with E-state index in [9.17, 15) is 4.79 Å². The van der Waals surface area contributed by atoms with E-state index in [4.69, 9.17) is 5.73 Å². The summed E-state index contributed by atoms with van der Waals surface area (Å²) in [4.78, 5) is 18.4. The molecular formula is C13H19N3O. The highest BCUT2D eigenvalue weighted by Gasteiger charge is 2.27. The maximum atomic E-state index is 12.2. The molecule has 1 saturated heterocycles. The third kappa shape index (κ3) is 2.64. The number of nitrogens with two attached hydrogens (primary N) is 1. The van der Waals surface area contributed by atoms with Crippen LogP contribution in [0.25, 0.3) is 0 Å². The average molecular weight is 233 g/mol. The number of amides is 1. The second-order valence-electron chi connectivity index (χ2n) is 4.85. The van der Waals surface area contributed by atoms with Gasteiger partial charge >= 0.3 is 0 Å². The molecule has 4 nitrogen and oxygen atoms in total. The fraction of sp³-hybridized carbons (Fsp3) is 0.538. The number of rotatable bonds is 1. The van der Waals surface area contributed by atoms with E-state index in [1.807, 2.05) is 24.0 Å². The smallest absolute Gasteiger partial charge is 0.272 e. The molecule has 2 unspecified atom stereocenters. The normalized spacial score (nSPS) is 24.8. The summed E-state index contributed by atoms with van der Waals surface area (Å²) in [6.07, 6.45) is 0.874. The first-order chi connectivity index (χ1) is 8.08. The van der Waals surface area contributed by atoms with Crippen LogP contribution >= 0.6 is 0 Å². The van der Waals surface area contributed by atoms with Gasteiger partial charge in [0.25, 0.3) is 5.91 Å². The van der Waals surface area contributed by atoms with E-state index < -0.39 is 0 Å². The molecule has 0 bridgehead atoms. The lowest BCUT2D eigenvalue weighted by molar-refractivity contribution is 0.0658. The lowest BCUT2D eigenvalue weighted by Crippen LogP contribution is -2.48. The van der Waals surface area contributed by atoms with Crippen molar-refractivity contribution in [2.45, 2.75) is 26.3 Å². The van der Waals surface area contributed by atoms with Crippen LogP contribution in [0.5, 0.6) is 0 Å². The summed E-state index contributed by atoms with van der Waals surface area (Å²) in [5, 5.41) is 0. The molecule has 1 aliphatic heterocycles. The van der Waals surface area contributed by atoms with Crippen molar-refractivity contribution >= 4 is 5.91 Å². The number of piperidine rings is 1. The molecule has 2 atom stereocenters. The van der Waals surface area contributed by atoms with E-state index in [2.05, 4.69) is 11.9 Å². The van der Waals surface area contributed by atoms with Crippen LogP contribution in [-0.2, 0) is 0 Å². The molecule has 0 aromatic carbocycles. The second kappa shape index (κ2) is 4.84. The number of carbonyl (C=O) groups excluding carboxylic acids is 1. The largest absolute Gasteiger partial charge is 0.337 e. The third-order valence-electron chi connectivity index (χ3n) is 3.37. The summed E-state index contributed by atoms with van der Waals surface area (Å²) in [7, 11) is 0. The molecule has 0 aliphatic carbocycles. The Balaban J connectivity index is 2.10. The van der Waals surface area contributed by atoms with Gasteiger partial charge in [0.15, 0.2) is 0 Å². The standard InChI is InChI=1S/C13H19N3O/c1-9-8-16(7-6-11(9)14)13(17)12-5-3-4-10(2)15-12/h3-5,9,11H,6-8,14H2,1-2H3. The van der Waals surface area contributed by atoms with Gasteiger partial charge in [0, 0.05) is 24.8 Å². The van der Waals surface area contributed by atoms with Crippen molar-refractivity contribution in [1.29, 1.82) is 0 Å². The molecule has 2 rings (SSSR count). The van der Waals surface area contributed by atoms with Gasteiger partial charge in [-0.1, -0.05) is 13.0 Å². The molecule has 1 aromatic heterocycles. The molecule has 1 aliphatic rings. The summed E-state index contributed by atoms with van der Waals surface area (Å²) in [6, 6.07) is 5.75. The van der Waals surface area contributed by atoms with Gasteiger partial charge in [-0.3, -0.25) is 4.79 Å². The zero-order valence-corrected chi connectivity index (χ0v) is 10.4. The van der Waals surface area contributed by atoms with Gasteiger partial charge in [0.05, 0.1) is 0 Å². The van der Waals surface area contributed by atoms with Gasteiger partial charge in [-0.25, -0.2) is 4.98 Å². The van der Waals surface area contributed by atoms with Crippen molar-refractivity contribution in [3.63, 3.8) is 0 Å². The molecule has 1 aromatic rings. The quantitative estimate of drug-likeness (QED) is 0.793. The third-order valence-corrected chi connectivity index (χ3v) is 3.37. The van der Waals surface area contributed by atoms with E-state index >= 15 is 0 Å². The highest BCUT2D eigenvalue weighted by molar-refractivity contribution is 5.92. The van der Waals surface area contributed by atoms with Crippen LogP contribution in [0.4, 0.5) is 0 Å². The minimum Gasteiger partial charge on any atom is -0.337 e. The van der Waals surface area contributed by atoms with Gasteiger partial charge in [-0.05, 0) is 31.4 Å². The topological polar surface area (TPSA) is 59.2 Å². The average Bonchev–Trinajstić information content (AvgIpc) is 2.32. The number of hydrogen-bond donors (Lipinski definition) is 1. The predicted octanol–water partition coefficient (Wildman–Crippen LogP) is 1.20. The summed E-state index contributed by atoms with van der Waals surface area (Å²) in [5.74, 6) is 0.380. The molecule has 1 amide bonds. The van der Waals surface area contributed by atoms with E-state index in [-0.39, 0.29) is 11.9 Å². The maximum Gasteiger partial charge on any atom is 0.272 e. The number of likely N-dealkylation sites (tertiary alicyclic amines) is 1. The Kier molecular flexibility index (Phi) is 3.43. The predicted molar refractivity (Wildman–Crippen MR) is 66.6 cm³/mol. The van der Waals surface area contributed by atoms with Gasteiger partial charge < -0.3 is 10.6 Å². The van der Waals surface area contributed by atoms with Gasteiger partial charge in [0.2, 0.25) is 0 Å². The summed E-state index contributed by atoms with van der Waals surface area (Å²) < 4.78 is 0. The Morgan fingerprint density at radius 1 is 1.53 bits per heavy atom. The van der Waals surface area contributed by atoms with Crippen molar-refractivity contribution in [2.24, 2.45) is 11.7 Å². The summed E-state index contributed by atoms with van der Waals surface area (Å²) >= 11 is 0. The van der Waals surface area contributed by atoms with E-state index in [0.29, 0.717) is 11.6 Å². The maximum absolute atomic E-state index is 12.2. The van der Waals surface area contributed by atoms with Crippen molar-refractivity contribution in [1.82, 2.24) is 9.88 Å². The fourth-order valence-electron chi connectivity index (χ4n) is 2.17. The molecule has 0 radical (unpaired) electrons. The number of aryl methyl sites for hydroxylation is 1. The van der Waals surface area contributed by atoms with Crippen molar-refractivity contribution in [3.8, 4) is 0 Å². The van der Waals surface area contributed by atoms with E-state index in [0.717, 1.165) is 25.2 Å². The summed E-state index contributed by atoms with van der Waals surface area (Å²) in [5.41, 5.74) is 7.36. The van der Waals surface area contributed by atoms with Crippen molar-refractivity contribution in [2.75, 3.05) is 13.1 Å². The first-order valence-corrected chi connectivity index (χ1v) is 6.06. The molecule has 17 heavy (non-hydrogen) atoms. The Hall–Kier alpha value is -1.42. The number of aromatic nitrogens is 1. The zero-order valence-electron chi connectivity index (χ0n) is 10.4. The Bertz CT molecular complexity index is 419. The lowest BCUT2D eigenvalue weighted by Gasteiger charge is -2.34. The van der Waals surface area contributed by atoms with Crippen LogP contribution in [-0.4, -0.2) is 34.9 Å². The Morgan fingerprint density at radius 2 is 2.29 bits per heavy atom. The van der Waals surface area contributed by atoms with Crippen LogP contribution in [0.1, 0.15) is 29.5 Å². The number of nitrogens with zero attached hydrogens (tertiary/aromatic N) is 2. The van der Waals surface area contributed by atoms with Gasteiger partial charge in [-0.15, -0.1) is 0 Å². The molecule has 0 saturated carbocycles. The number of carbonyl (C=O) groups is 1. The molecule has 2 heterocycles. The van der Waals surface area contributed by atoms with Gasteiger partial charge in [-0.2, -0.15) is 0 Å². The minimum absolute atomic E-state index is 0.0208. The minimum atomic E-state index is 0.0208. The summed E-state index contributed by atoms with van der Waals surface area (Å²) in [6.45, 7) is 5.45. The number of pyridine rings is 1. The zero-order chi connectivity index (χ0) is 12.4. The fourth-order valence-corrected chi connectivity index (χ4v) is 2.17. The molecule has 4 heteroatoms. The highest BCUT2D eigenvalue weighted by atomic mass is 16.2. The van der Waals surface area contributed by atoms with E-state index in [1.54, 1.807) is 6.07 Å². The van der Waals surface area contributed by atoms with Crippen LogP contribution in [0.15, 0.2) is 18.2 Å². The first kappa shape index (κ1) is 12.0. The molecular weight excluding hydrogens is 214 g/mol.